The van der Waals surface area contributed by atoms with E-state index in [-0.39, 0.29) is 5.84 Å². The van der Waals surface area contributed by atoms with E-state index in [9.17, 15) is 4.79 Å². The van der Waals surface area contributed by atoms with Crippen LogP contribution in [-0.2, 0) is 0 Å². The van der Waals surface area contributed by atoms with E-state index in [0.717, 1.165) is 37.4 Å². The highest BCUT2D eigenvalue weighted by atomic mass is 16.5. The normalized spacial score (nSPS) is 14.9. The van der Waals surface area contributed by atoms with Crippen molar-refractivity contribution in [3.05, 3.63) is 95.6 Å². The summed E-state index contributed by atoms with van der Waals surface area (Å²) in [4.78, 5) is 21.4. The van der Waals surface area contributed by atoms with Crippen LogP contribution in [0.2, 0.25) is 0 Å². The minimum atomic E-state index is -0.404. The first-order valence-corrected chi connectivity index (χ1v) is 11.7. The smallest absolute Gasteiger partial charge is 0.278 e. The van der Waals surface area contributed by atoms with Crippen molar-refractivity contribution in [3.8, 4) is 5.75 Å². The first-order chi connectivity index (χ1) is 17.0. The van der Waals surface area contributed by atoms with Gasteiger partial charge in [0.1, 0.15) is 18.2 Å². The Bertz CT molecular complexity index is 1200. The molecule has 0 radical (unpaired) electrons. The molecule has 1 heterocycles. The molecule has 1 saturated heterocycles. The first-order valence-electron chi connectivity index (χ1n) is 11.7. The fourth-order valence-corrected chi connectivity index (χ4v) is 3.87. The number of amidine groups is 1. The van der Waals surface area contributed by atoms with Gasteiger partial charge in [-0.2, -0.15) is 4.99 Å². The minimum absolute atomic E-state index is 0.0752. The maximum Gasteiger partial charge on any atom is 0.278 e. The molecule has 0 aliphatic carbocycles. The Kier molecular flexibility index (Phi) is 7.80. The van der Waals surface area contributed by atoms with Crippen LogP contribution >= 0.6 is 0 Å². The number of hydrogen-bond acceptors (Lipinski definition) is 5. The largest absolute Gasteiger partial charge is 0.489 e. The Hall–Kier alpha value is -4.10. The third-order valence-electron chi connectivity index (χ3n) is 5.96. The van der Waals surface area contributed by atoms with Gasteiger partial charge in [0.15, 0.2) is 0 Å². The van der Waals surface area contributed by atoms with Crippen LogP contribution in [0.3, 0.4) is 0 Å². The number of nitrogens with two attached hydrogens (primary N) is 2. The molecule has 35 heavy (non-hydrogen) atoms. The first kappa shape index (κ1) is 24.0. The van der Waals surface area contributed by atoms with Gasteiger partial charge in [0.25, 0.3) is 5.91 Å². The summed E-state index contributed by atoms with van der Waals surface area (Å²) in [5.74, 6) is 0.284. The molecule has 0 bridgehead atoms. The molecule has 3 aromatic carbocycles. The number of likely N-dealkylation sites (N-methyl/N-ethyl adjacent to an activating group) is 1. The molecule has 180 valence electrons. The van der Waals surface area contributed by atoms with Crippen molar-refractivity contribution < 1.29 is 9.53 Å². The number of piperazine rings is 1. The molecule has 1 aliphatic heterocycles. The molecule has 0 aromatic heterocycles. The highest BCUT2D eigenvalue weighted by Crippen LogP contribution is 2.21. The van der Waals surface area contributed by atoms with Gasteiger partial charge in [-0.3, -0.25) is 4.79 Å². The summed E-state index contributed by atoms with van der Waals surface area (Å²) in [5.41, 5.74) is 15.9. The number of hydrogen-bond donors (Lipinski definition) is 2. The lowest BCUT2D eigenvalue weighted by Crippen LogP contribution is -2.44. The number of nitrogen functional groups attached to an aromatic ring is 1. The summed E-state index contributed by atoms with van der Waals surface area (Å²) in [6, 6.07) is 22.6. The van der Waals surface area contributed by atoms with Crippen LogP contribution in [0.15, 0.2) is 83.9 Å². The van der Waals surface area contributed by atoms with Crippen LogP contribution in [0.25, 0.3) is 6.08 Å². The van der Waals surface area contributed by atoms with Crippen molar-refractivity contribution in [1.29, 1.82) is 0 Å². The molecular formula is C28H31N5O2. The van der Waals surface area contributed by atoms with Gasteiger partial charge < -0.3 is 26.0 Å². The van der Waals surface area contributed by atoms with E-state index in [1.165, 1.54) is 0 Å². The van der Waals surface area contributed by atoms with E-state index in [2.05, 4.69) is 21.8 Å². The zero-order chi connectivity index (χ0) is 24.6. The second-order valence-electron chi connectivity index (χ2n) is 8.51. The Morgan fingerprint density at radius 2 is 1.71 bits per heavy atom. The Morgan fingerprint density at radius 3 is 2.40 bits per heavy atom. The number of aliphatic imine (C=N–C) groups is 1. The summed E-state index contributed by atoms with van der Waals surface area (Å²) >= 11 is 0. The van der Waals surface area contributed by atoms with Crippen LogP contribution in [-0.4, -0.2) is 56.5 Å². The lowest BCUT2D eigenvalue weighted by atomic mass is 10.1. The number of carbonyl (C=O) groups excluding carboxylic acids is 1. The van der Waals surface area contributed by atoms with Crippen molar-refractivity contribution in [2.24, 2.45) is 10.7 Å². The van der Waals surface area contributed by atoms with Gasteiger partial charge in [0, 0.05) is 54.7 Å². The summed E-state index contributed by atoms with van der Waals surface area (Å²) in [7, 11) is 2.12. The van der Waals surface area contributed by atoms with E-state index in [1.807, 2.05) is 54.6 Å². The van der Waals surface area contributed by atoms with Gasteiger partial charge >= 0.3 is 0 Å². The molecule has 4 N–H and O–H groups in total. The number of ether oxygens (including phenoxy) is 1. The van der Waals surface area contributed by atoms with Gasteiger partial charge in [-0.1, -0.05) is 36.4 Å². The van der Waals surface area contributed by atoms with Gasteiger partial charge in [0.2, 0.25) is 0 Å². The molecule has 0 atom stereocenters. The summed E-state index contributed by atoms with van der Waals surface area (Å²) in [6.45, 7) is 4.39. The molecule has 0 spiro atoms. The molecule has 7 heteroatoms. The minimum Gasteiger partial charge on any atom is -0.489 e. The quantitative estimate of drug-likeness (QED) is 0.311. The van der Waals surface area contributed by atoms with Crippen LogP contribution in [0, 0.1) is 0 Å². The Morgan fingerprint density at radius 1 is 1.00 bits per heavy atom. The predicted octanol–water partition coefficient (Wildman–Crippen LogP) is 3.66. The maximum absolute atomic E-state index is 12.7. The molecule has 1 amide bonds. The van der Waals surface area contributed by atoms with Crippen molar-refractivity contribution in [3.63, 3.8) is 0 Å². The average molecular weight is 470 g/mol. The van der Waals surface area contributed by atoms with Gasteiger partial charge in [0.05, 0.1) is 0 Å². The highest BCUT2D eigenvalue weighted by molar-refractivity contribution is 6.11. The zero-order valence-corrected chi connectivity index (χ0v) is 19.9. The molecule has 0 unspecified atom stereocenters. The van der Waals surface area contributed by atoms with Crippen molar-refractivity contribution in [2.75, 3.05) is 50.5 Å². The molecule has 3 aromatic rings. The predicted molar refractivity (Wildman–Crippen MR) is 143 cm³/mol. The second kappa shape index (κ2) is 11.4. The number of amides is 1. The third-order valence-corrected chi connectivity index (χ3v) is 5.96. The van der Waals surface area contributed by atoms with Gasteiger partial charge in [-0.15, -0.1) is 0 Å². The fraction of sp³-hybridized carbons (Fsp3) is 0.214. The van der Waals surface area contributed by atoms with E-state index in [4.69, 9.17) is 16.2 Å². The van der Waals surface area contributed by atoms with Crippen molar-refractivity contribution in [1.82, 2.24) is 4.90 Å². The average Bonchev–Trinajstić information content (AvgIpc) is 2.88. The Labute approximate surface area is 206 Å². The summed E-state index contributed by atoms with van der Waals surface area (Å²) in [6.07, 6.45) is 3.93. The molecule has 1 fully saturated rings. The topological polar surface area (TPSA) is 97.2 Å². The molecule has 0 saturated carbocycles. The zero-order valence-electron chi connectivity index (χ0n) is 19.9. The second-order valence-corrected chi connectivity index (χ2v) is 8.51. The van der Waals surface area contributed by atoms with Gasteiger partial charge in [-0.05, 0) is 55.1 Å². The number of carbonyl (C=O) groups is 1. The number of benzene rings is 3. The molecule has 4 rings (SSSR count). The summed E-state index contributed by atoms with van der Waals surface area (Å²) in [5, 5.41) is 0. The molecular weight excluding hydrogens is 438 g/mol. The fourth-order valence-electron chi connectivity index (χ4n) is 3.87. The lowest BCUT2D eigenvalue weighted by Gasteiger charge is -2.34. The monoisotopic (exact) mass is 469 g/mol. The summed E-state index contributed by atoms with van der Waals surface area (Å²) < 4.78 is 5.74. The molecule has 1 aliphatic rings. The van der Waals surface area contributed by atoms with Gasteiger partial charge in [-0.25, -0.2) is 0 Å². The van der Waals surface area contributed by atoms with Crippen LogP contribution < -0.4 is 21.1 Å². The number of anilines is 2. The third kappa shape index (κ3) is 6.49. The maximum atomic E-state index is 12.7. The van der Waals surface area contributed by atoms with E-state index < -0.39 is 5.91 Å². The van der Waals surface area contributed by atoms with Crippen LogP contribution in [0.1, 0.15) is 21.5 Å². The molecule has 7 nitrogen and oxygen atoms in total. The van der Waals surface area contributed by atoms with Crippen molar-refractivity contribution >= 4 is 29.2 Å². The van der Waals surface area contributed by atoms with E-state index in [0.29, 0.717) is 29.2 Å². The SMILES string of the molecule is CN1CCN(c2ccc(C(=O)N=C(N)c3ccc(OCC=Cc4ccccc4)cc3N)cc2)CC1. The number of nitrogens with zero attached hydrogens (tertiary/aromatic N) is 3. The van der Waals surface area contributed by atoms with E-state index >= 15 is 0 Å². The highest BCUT2D eigenvalue weighted by Gasteiger charge is 2.15. The van der Waals surface area contributed by atoms with Crippen LogP contribution in [0.4, 0.5) is 11.4 Å². The van der Waals surface area contributed by atoms with Crippen LogP contribution in [0.5, 0.6) is 5.75 Å². The standard InChI is InChI=1S/C28H31N5O2/c1-32-15-17-33(18-16-32)23-11-9-22(10-12-23)28(34)31-27(30)25-14-13-24(20-26(25)29)35-19-5-8-21-6-3-2-4-7-21/h2-14,20H,15-19,29H2,1H3,(H2,30,31,34). The number of rotatable bonds is 7. The van der Waals surface area contributed by atoms with Crippen molar-refractivity contribution in [2.45, 2.75) is 0 Å². The Balaban J connectivity index is 1.36. The van der Waals surface area contributed by atoms with E-state index in [1.54, 1.807) is 30.3 Å². The lowest BCUT2D eigenvalue weighted by molar-refractivity contribution is 0.100.